The van der Waals surface area contributed by atoms with Crippen molar-refractivity contribution >= 4 is 0 Å². The molecule has 0 radical (unpaired) electrons. The Morgan fingerprint density at radius 3 is 2.30 bits per heavy atom. The number of alkyl halides is 3. The summed E-state index contributed by atoms with van der Waals surface area (Å²) >= 11 is 0. The first-order valence-electron chi connectivity index (χ1n) is 12.1. The largest absolute Gasteiger partial charge is 0.395 e. The van der Waals surface area contributed by atoms with Crippen LogP contribution in [0.5, 0.6) is 0 Å². The highest BCUT2D eigenvalue weighted by Gasteiger charge is 2.72. The first-order chi connectivity index (χ1) is 14.1. The standard InChI is InChI=1S/C25H37F3O2/c1-4-9-23(25(26,27)28)11-8-20-18-6-5-17-16-24(29-14-15-30-24)13-12-21(17,2)19(18)7-10-22(20,23)3/h4,17-20H,1,5-16H2,2-3H3/t17?,18-,19+,20+,21+,22+,23+/m1/s1. The van der Waals surface area contributed by atoms with Crippen molar-refractivity contribution in [3.8, 4) is 0 Å². The molecule has 0 bridgehead atoms. The van der Waals surface area contributed by atoms with Crippen LogP contribution >= 0.6 is 0 Å². The Kier molecular flexibility index (Phi) is 4.78. The van der Waals surface area contributed by atoms with Crippen LogP contribution in [0.1, 0.15) is 78.1 Å². The third kappa shape index (κ3) is 2.63. The summed E-state index contributed by atoms with van der Waals surface area (Å²) < 4.78 is 55.5. The van der Waals surface area contributed by atoms with E-state index < -0.39 is 17.0 Å². The second kappa shape index (κ2) is 6.73. The molecule has 1 unspecified atom stereocenters. The highest BCUT2D eigenvalue weighted by Crippen LogP contribution is 2.74. The molecular formula is C25H37F3O2. The molecule has 1 heterocycles. The van der Waals surface area contributed by atoms with E-state index in [9.17, 15) is 13.2 Å². The summed E-state index contributed by atoms with van der Waals surface area (Å²) in [5, 5.41) is 0. The van der Waals surface area contributed by atoms with E-state index in [2.05, 4.69) is 13.5 Å². The van der Waals surface area contributed by atoms with Crippen molar-refractivity contribution in [2.75, 3.05) is 13.2 Å². The van der Waals surface area contributed by atoms with Crippen LogP contribution in [0, 0.1) is 39.9 Å². The number of rotatable bonds is 2. The number of ether oxygens (including phenoxy) is 2. The van der Waals surface area contributed by atoms with Gasteiger partial charge in [-0.05, 0) is 85.9 Å². The van der Waals surface area contributed by atoms with Gasteiger partial charge in [0.1, 0.15) is 0 Å². The van der Waals surface area contributed by atoms with Crippen molar-refractivity contribution in [1.82, 2.24) is 0 Å². The zero-order valence-electron chi connectivity index (χ0n) is 18.5. The molecule has 0 aromatic carbocycles. The van der Waals surface area contributed by atoms with Gasteiger partial charge in [-0.1, -0.05) is 19.9 Å². The van der Waals surface area contributed by atoms with Crippen LogP contribution < -0.4 is 0 Å². The van der Waals surface area contributed by atoms with Gasteiger partial charge in [0.25, 0.3) is 0 Å². The molecule has 1 saturated heterocycles. The van der Waals surface area contributed by atoms with Crippen molar-refractivity contribution in [2.24, 2.45) is 39.9 Å². The lowest BCUT2D eigenvalue weighted by Crippen LogP contribution is -2.58. The van der Waals surface area contributed by atoms with Gasteiger partial charge in [0, 0.05) is 12.8 Å². The van der Waals surface area contributed by atoms with Gasteiger partial charge in [0.15, 0.2) is 5.79 Å². The van der Waals surface area contributed by atoms with Gasteiger partial charge in [-0.25, -0.2) is 0 Å². The molecule has 0 aromatic heterocycles. The summed E-state index contributed by atoms with van der Waals surface area (Å²) in [5.41, 5.74) is -2.03. The SMILES string of the molecule is C=CC[C@]1(C(F)(F)F)CC[C@H]2[C@@H]3CCC4CC5(CC[C@]4(C)[C@H]3CC[C@@]21C)OCCO5. The number of hydrogen-bond acceptors (Lipinski definition) is 2. The van der Waals surface area contributed by atoms with E-state index in [4.69, 9.17) is 9.47 Å². The predicted octanol–water partition coefficient (Wildman–Crippen LogP) is 6.90. The second-order valence-electron chi connectivity index (χ2n) is 11.5. The van der Waals surface area contributed by atoms with Crippen LogP contribution in [0.3, 0.4) is 0 Å². The number of hydrogen-bond donors (Lipinski definition) is 0. The Morgan fingerprint density at radius 2 is 1.63 bits per heavy atom. The maximum atomic E-state index is 14.5. The summed E-state index contributed by atoms with van der Waals surface area (Å²) in [4.78, 5) is 0. The Labute approximate surface area is 179 Å². The zero-order chi connectivity index (χ0) is 21.4. The number of fused-ring (bicyclic) bond motifs is 5. The quantitative estimate of drug-likeness (QED) is 0.447. The molecule has 5 rings (SSSR count). The third-order valence-corrected chi connectivity index (χ3v) is 10.9. The minimum Gasteiger partial charge on any atom is -0.348 e. The Bertz CT molecular complexity index is 699. The average molecular weight is 427 g/mol. The van der Waals surface area contributed by atoms with Crippen LogP contribution in [0.4, 0.5) is 13.2 Å². The van der Waals surface area contributed by atoms with Crippen molar-refractivity contribution in [3.05, 3.63) is 12.7 Å². The lowest BCUT2D eigenvalue weighted by Gasteiger charge is -2.63. The lowest BCUT2D eigenvalue weighted by atomic mass is 9.43. The first-order valence-corrected chi connectivity index (χ1v) is 12.1. The molecule has 170 valence electrons. The van der Waals surface area contributed by atoms with Crippen molar-refractivity contribution in [3.63, 3.8) is 0 Å². The van der Waals surface area contributed by atoms with E-state index in [0.717, 1.165) is 44.9 Å². The topological polar surface area (TPSA) is 18.5 Å². The van der Waals surface area contributed by atoms with Gasteiger partial charge in [0.2, 0.25) is 0 Å². The molecular weight excluding hydrogens is 389 g/mol. The highest BCUT2D eigenvalue weighted by atomic mass is 19.4. The molecule has 0 amide bonds. The molecule has 5 heteroatoms. The van der Waals surface area contributed by atoms with Gasteiger partial charge >= 0.3 is 6.18 Å². The Hall–Kier alpha value is -0.550. The van der Waals surface area contributed by atoms with Gasteiger partial charge in [-0.3, -0.25) is 0 Å². The lowest BCUT2D eigenvalue weighted by molar-refractivity contribution is -0.274. The summed E-state index contributed by atoms with van der Waals surface area (Å²) in [6, 6.07) is 0. The van der Waals surface area contributed by atoms with E-state index in [1.54, 1.807) is 0 Å². The van der Waals surface area contributed by atoms with Gasteiger partial charge in [0.05, 0.1) is 18.6 Å². The van der Waals surface area contributed by atoms with E-state index in [1.165, 1.54) is 6.08 Å². The predicted molar refractivity (Wildman–Crippen MR) is 110 cm³/mol. The molecule has 5 fully saturated rings. The number of allylic oxidation sites excluding steroid dienone is 1. The average Bonchev–Trinajstić information content (AvgIpc) is 3.26. The minimum absolute atomic E-state index is 0.0674. The fourth-order valence-corrected chi connectivity index (χ4v) is 9.25. The second-order valence-corrected chi connectivity index (χ2v) is 11.5. The molecule has 2 nitrogen and oxygen atoms in total. The van der Waals surface area contributed by atoms with Crippen molar-refractivity contribution in [2.45, 2.75) is 90.0 Å². The fourth-order valence-electron chi connectivity index (χ4n) is 9.25. The monoisotopic (exact) mass is 426 g/mol. The van der Waals surface area contributed by atoms with Gasteiger partial charge in [-0.2, -0.15) is 13.2 Å². The Balaban J connectivity index is 1.43. The summed E-state index contributed by atoms with van der Waals surface area (Å²) in [7, 11) is 0. The summed E-state index contributed by atoms with van der Waals surface area (Å²) in [6.07, 6.45) is 5.24. The third-order valence-electron chi connectivity index (χ3n) is 10.9. The van der Waals surface area contributed by atoms with Crippen LogP contribution in [-0.4, -0.2) is 25.2 Å². The fraction of sp³-hybridized carbons (Fsp3) is 0.920. The molecule has 1 aliphatic heterocycles. The molecule has 1 spiro atoms. The molecule has 0 aromatic rings. The van der Waals surface area contributed by atoms with Crippen LogP contribution in [0.25, 0.3) is 0 Å². The molecule has 0 N–H and O–H groups in total. The number of halogens is 3. The zero-order valence-corrected chi connectivity index (χ0v) is 18.5. The van der Waals surface area contributed by atoms with Gasteiger partial charge in [-0.15, -0.1) is 6.58 Å². The van der Waals surface area contributed by atoms with E-state index >= 15 is 0 Å². The minimum atomic E-state index is -4.16. The van der Waals surface area contributed by atoms with Crippen LogP contribution in [0.2, 0.25) is 0 Å². The van der Waals surface area contributed by atoms with E-state index in [-0.39, 0.29) is 30.0 Å². The van der Waals surface area contributed by atoms with Crippen molar-refractivity contribution < 1.29 is 22.6 Å². The van der Waals surface area contributed by atoms with Crippen LogP contribution in [-0.2, 0) is 9.47 Å². The molecule has 5 aliphatic rings. The van der Waals surface area contributed by atoms with Crippen molar-refractivity contribution in [1.29, 1.82) is 0 Å². The summed E-state index contributed by atoms with van der Waals surface area (Å²) in [5.74, 6) is 1.35. The molecule has 4 saturated carbocycles. The molecule has 4 aliphatic carbocycles. The van der Waals surface area contributed by atoms with E-state index in [1.807, 2.05) is 6.92 Å². The first kappa shape index (κ1) is 21.3. The summed E-state index contributed by atoms with van der Waals surface area (Å²) in [6.45, 7) is 9.51. The van der Waals surface area contributed by atoms with Gasteiger partial charge < -0.3 is 9.47 Å². The molecule has 7 atom stereocenters. The van der Waals surface area contributed by atoms with Crippen LogP contribution in [0.15, 0.2) is 12.7 Å². The maximum absolute atomic E-state index is 14.5. The van der Waals surface area contributed by atoms with E-state index in [0.29, 0.717) is 37.4 Å². The maximum Gasteiger partial charge on any atom is 0.395 e. The normalized spacial score (nSPS) is 50.0. The Morgan fingerprint density at radius 1 is 0.933 bits per heavy atom. The molecule has 30 heavy (non-hydrogen) atoms. The highest BCUT2D eigenvalue weighted by molar-refractivity contribution is 5.16. The smallest absolute Gasteiger partial charge is 0.348 e.